The fourth-order valence-electron chi connectivity index (χ4n) is 2.30. The van der Waals surface area contributed by atoms with Gasteiger partial charge in [-0.2, -0.15) is 0 Å². The van der Waals surface area contributed by atoms with Crippen molar-refractivity contribution < 1.29 is 19.1 Å². The van der Waals surface area contributed by atoms with Crippen molar-refractivity contribution in [1.82, 2.24) is 15.2 Å². The van der Waals surface area contributed by atoms with Crippen LogP contribution < -0.4 is 14.8 Å². The first kappa shape index (κ1) is 19.2. The number of aromatic nitrogens is 1. The van der Waals surface area contributed by atoms with Gasteiger partial charge in [-0.15, -0.1) is 0 Å². The summed E-state index contributed by atoms with van der Waals surface area (Å²) in [6, 6.07) is 8.69. The molecule has 1 N–H and O–H groups in total. The van der Waals surface area contributed by atoms with Gasteiger partial charge in [0.2, 0.25) is 5.91 Å². The predicted octanol–water partition coefficient (Wildman–Crippen LogP) is 1.53. The Labute approximate surface area is 152 Å². The molecule has 7 heteroatoms. The van der Waals surface area contributed by atoms with Gasteiger partial charge in [0.15, 0.2) is 0 Å². The average Bonchev–Trinajstić information content (AvgIpc) is 2.70. The van der Waals surface area contributed by atoms with Crippen LogP contribution in [0.25, 0.3) is 0 Å². The van der Waals surface area contributed by atoms with Crippen molar-refractivity contribution in [2.45, 2.75) is 6.42 Å². The summed E-state index contributed by atoms with van der Waals surface area (Å²) in [6.07, 6.45) is 4.17. The Morgan fingerprint density at radius 1 is 1.08 bits per heavy atom. The number of hydrogen-bond donors (Lipinski definition) is 1. The van der Waals surface area contributed by atoms with E-state index in [0.29, 0.717) is 23.6 Å². The molecule has 0 unspecified atom stereocenters. The minimum Gasteiger partial charge on any atom is -0.497 e. The summed E-state index contributed by atoms with van der Waals surface area (Å²) in [6.45, 7) is 0.483. The van der Waals surface area contributed by atoms with Crippen LogP contribution in [0.15, 0.2) is 42.7 Å². The third kappa shape index (κ3) is 5.47. The smallest absolute Gasteiger partial charge is 0.251 e. The number of carbonyl (C=O) groups is 2. The zero-order valence-electron chi connectivity index (χ0n) is 15.2. The highest BCUT2D eigenvalue weighted by Gasteiger charge is 2.13. The van der Waals surface area contributed by atoms with Gasteiger partial charge >= 0.3 is 0 Å². The summed E-state index contributed by atoms with van der Waals surface area (Å²) >= 11 is 0. The number of nitrogens with zero attached hydrogens (tertiary/aromatic N) is 2. The lowest BCUT2D eigenvalue weighted by Crippen LogP contribution is -2.39. The summed E-state index contributed by atoms with van der Waals surface area (Å²) < 4.78 is 10.3. The van der Waals surface area contributed by atoms with Crippen LogP contribution >= 0.6 is 0 Å². The minimum atomic E-state index is -0.363. The molecule has 0 bridgehead atoms. The van der Waals surface area contributed by atoms with E-state index >= 15 is 0 Å². The number of carbonyl (C=O) groups excluding carboxylic acids is 2. The molecule has 0 radical (unpaired) electrons. The Morgan fingerprint density at radius 3 is 2.27 bits per heavy atom. The van der Waals surface area contributed by atoms with Crippen molar-refractivity contribution in [1.29, 1.82) is 0 Å². The Balaban J connectivity index is 1.87. The van der Waals surface area contributed by atoms with Crippen LogP contribution in [-0.4, -0.2) is 56.1 Å². The number of benzene rings is 1. The van der Waals surface area contributed by atoms with Gasteiger partial charge in [0.1, 0.15) is 11.5 Å². The molecule has 0 saturated heterocycles. The highest BCUT2D eigenvalue weighted by atomic mass is 16.5. The molecule has 7 nitrogen and oxygen atoms in total. The van der Waals surface area contributed by atoms with Crippen molar-refractivity contribution in [3.63, 3.8) is 0 Å². The number of ether oxygens (including phenoxy) is 2. The largest absolute Gasteiger partial charge is 0.497 e. The maximum Gasteiger partial charge on any atom is 0.251 e. The standard InChI is InChI=1S/C19H23N3O4/c1-22(9-6-14-4-7-20-8-5-14)18(23)13-21-19(24)15-10-16(25-2)12-17(11-15)26-3/h4-5,7-8,10-12H,6,9,13H2,1-3H3,(H,21,24). The van der Waals surface area contributed by atoms with Crippen molar-refractivity contribution in [2.24, 2.45) is 0 Å². The maximum absolute atomic E-state index is 12.3. The van der Waals surface area contributed by atoms with E-state index in [1.54, 1.807) is 42.5 Å². The SMILES string of the molecule is COc1cc(OC)cc(C(=O)NCC(=O)N(C)CCc2ccncc2)c1. The van der Waals surface area contributed by atoms with Crippen molar-refractivity contribution >= 4 is 11.8 Å². The van der Waals surface area contributed by atoms with E-state index in [-0.39, 0.29) is 18.4 Å². The lowest BCUT2D eigenvalue weighted by Gasteiger charge is -2.17. The van der Waals surface area contributed by atoms with Gasteiger partial charge < -0.3 is 19.7 Å². The number of rotatable bonds is 8. The number of likely N-dealkylation sites (N-methyl/N-ethyl adjacent to an activating group) is 1. The molecule has 1 heterocycles. The Kier molecular flexibility index (Phi) is 6.96. The van der Waals surface area contributed by atoms with Crippen LogP contribution in [0, 0.1) is 0 Å². The third-order valence-electron chi connectivity index (χ3n) is 3.92. The molecule has 2 amide bonds. The van der Waals surface area contributed by atoms with Crippen LogP contribution in [0.4, 0.5) is 0 Å². The van der Waals surface area contributed by atoms with Crippen molar-refractivity contribution in [3.05, 3.63) is 53.9 Å². The molecule has 0 fully saturated rings. The number of nitrogens with one attached hydrogen (secondary N) is 1. The van der Waals surface area contributed by atoms with Crippen LogP contribution in [0.1, 0.15) is 15.9 Å². The van der Waals surface area contributed by atoms with Gasteiger partial charge in [0.25, 0.3) is 5.91 Å². The zero-order valence-corrected chi connectivity index (χ0v) is 15.2. The molecule has 0 aliphatic carbocycles. The topological polar surface area (TPSA) is 80.8 Å². The van der Waals surface area contributed by atoms with E-state index in [2.05, 4.69) is 10.3 Å². The highest BCUT2D eigenvalue weighted by molar-refractivity contribution is 5.97. The zero-order chi connectivity index (χ0) is 18.9. The molecule has 0 aliphatic rings. The second kappa shape index (κ2) is 9.41. The molecule has 0 saturated carbocycles. The van der Waals surface area contributed by atoms with E-state index in [9.17, 15) is 9.59 Å². The summed E-state index contributed by atoms with van der Waals surface area (Å²) in [4.78, 5) is 30.0. The predicted molar refractivity (Wildman–Crippen MR) is 97.5 cm³/mol. The average molecular weight is 357 g/mol. The minimum absolute atomic E-state index is 0.0782. The van der Waals surface area contributed by atoms with E-state index < -0.39 is 0 Å². The summed E-state index contributed by atoms with van der Waals surface area (Å²) in [5.41, 5.74) is 1.47. The molecule has 138 valence electrons. The second-order valence-corrected chi connectivity index (χ2v) is 5.70. The number of hydrogen-bond acceptors (Lipinski definition) is 5. The fourth-order valence-corrected chi connectivity index (χ4v) is 2.30. The summed E-state index contributed by atoms with van der Waals surface area (Å²) in [7, 11) is 4.74. The molecule has 1 aromatic heterocycles. The second-order valence-electron chi connectivity index (χ2n) is 5.70. The van der Waals surface area contributed by atoms with Crippen LogP contribution in [-0.2, 0) is 11.2 Å². The van der Waals surface area contributed by atoms with Crippen molar-refractivity contribution in [3.8, 4) is 11.5 Å². The van der Waals surface area contributed by atoms with Gasteiger partial charge in [0.05, 0.1) is 20.8 Å². The molecular formula is C19H23N3O4. The Bertz CT molecular complexity index is 727. The van der Waals surface area contributed by atoms with Gasteiger partial charge in [-0.3, -0.25) is 14.6 Å². The quantitative estimate of drug-likeness (QED) is 0.775. The molecule has 0 spiro atoms. The number of amides is 2. The van der Waals surface area contributed by atoms with Gasteiger partial charge in [0, 0.05) is 37.6 Å². The molecule has 0 aliphatic heterocycles. The first-order chi connectivity index (χ1) is 12.5. The Morgan fingerprint density at radius 2 is 1.69 bits per heavy atom. The normalized spacial score (nSPS) is 10.1. The molecular weight excluding hydrogens is 334 g/mol. The fraction of sp³-hybridized carbons (Fsp3) is 0.316. The first-order valence-corrected chi connectivity index (χ1v) is 8.17. The number of pyridine rings is 1. The summed E-state index contributed by atoms with van der Waals surface area (Å²) in [5.74, 6) is 0.492. The molecule has 0 atom stereocenters. The van der Waals surface area contributed by atoms with Gasteiger partial charge in [-0.25, -0.2) is 0 Å². The monoisotopic (exact) mass is 357 g/mol. The third-order valence-corrected chi connectivity index (χ3v) is 3.92. The first-order valence-electron chi connectivity index (χ1n) is 8.17. The van der Waals surface area contributed by atoms with Crippen LogP contribution in [0.2, 0.25) is 0 Å². The molecule has 26 heavy (non-hydrogen) atoms. The highest BCUT2D eigenvalue weighted by Crippen LogP contribution is 2.22. The molecule has 2 aromatic rings. The van der Waals surface area contributed by atoms with E-state index in [4.69, 9.17) is 9.47 Å². The lowest BCUT2D eigenvalue weighted by molar-refractivity contribution is -0.128. The lowest BCUT2D eigenvalue weighted by atomic mass is 10.2. The van der Waals surface area contributed by atoms with Gasteiger partial charge in [-0.1, -0.05) is 0 Å². The summed E-state index contributed by atoms with van der Waals surface area (Å²) in [5, 5.41) is 2.63. The Hall–Kier alpha value is -3.09. The van der Waals surface area contributed by atoms with E-state index in [1.807, 2.05) is 12.1 Å². The van der Waals surface area contributed by atoms with Gasteiger partial charge in [-0.05, 0) is 36.2 Å². The number of methoxy groups -OCH3 is 2. The maximum atomic E-state index is 12.3. The molecule has 2 rings (SSSR count). The molecule has 1 aromatic carbocycles. The van der Waals surface area contributed by atoms with E-state index in [1.165, 1.54) is 14.2 Å². The van der Waals surface area contributed by atoms with E-state index in [0.717, 1.165) is 12.0 Å². The van der Waals surface area contributed by atoms with Crippen molar-refractivity contribution in [2.75, 3.05) is 34.4 Å². The van der Waals surface area contributed by atoms with Crippen LogP contribution in [0.5, 0.6) is 11.5 Å². The van der Waals surface area contributed by atoms with Crippen LogP contribution in [0.3, 0.4) is 0 Å².